The fourth-order valence-corrected chi connectivity index (χ4v) is 1.47. The number of nitriles is 1. The van der Waals surface area contributed by atoms with Gasteiger partial charge in [-0.3, -0.25) is 4.90 Å². The van der Waals surface area contributed by atoms with E-state index in [1.54, 1.807) is 0 Å². The van der Waals surface area contributed by atoms with Gasteiger partial charge in [0.15, 0.2) is 4.67 Å². The summed E-state index contributed by atoms with van der Waals surface area (Å²) in [7, 11) is 1.98. The Hall–Kier alpha value is -0.790. The van der Waals surface area contributed by atoms with E-state index in [4.69, 9.17) is 9.68 Å². The molecule has 0 amide bonds. The van der Waals surface area contributed by atoms with E-state index in [0.717, 1.165) is 17.0 Å². The van der Waals surface area contributed by atoms with Crippen LogP contribution in [-0.4, -0.2) is 18.0 Å². The molecule has 1 unspecified atom stereocenters. The number of hydrogen-bond acceptors (Lipinski definition) is 3. The largest absolute Gasteiger partial charge is 0.453 e. The quantitative estimate of drug-likeness (QED) is 0.832. The minimum absolute atomic E-state index is 0.254. The van der Waals surface area contributed by atoms with Gasteiger partial charge in [0.1, 0.15) is 5.76 Å². The Bertz CT molecular complexity index is 329. The van der Waals surface area contributed by atoms with Crippen molar-refractivity contribution in [2.24, 2.45) is 0 Å². The zero-order valence-corrected chi connectivity index (χ0v) is 9.91. The van der Waals surface area contributed by atoms with E-state index in [-0.39, 0.29) is 6.04 Å². The summed E-state index contributed by atoms with van der Waals surface area (Å²) in [6.45, 7) is 2.76. The predicted octanol–water partition coefficient (Wildman–Crippen LogP) is 2.78. The van der Waals surface area contributed by atoms with Crippen LogP contribution in [0.1, 0.15) is 19.1 Å². The van der Waals surface area contributed by atoms with Crippen LogP contribution in [0.2, 0.25) is 0 Å². The zero-order valence-electron chi connectivity index (χ0n) is 8.33. The van der Waals surface area contributed by atoms with Crippen LogP contribution in [0.25, 0.3) is 0 Å². The zero-order chi connectivity index (χ0) is 10.6. The fraction of sp³-hybridized carbons (Fsp3) is 0.500. The number of nitrogens with zero attached hydrogens (tertiary/aromatic N) is 2. The summed E-state index contributed by atoms with van der Waals surface area (Å²) in [5, 5.41) is 8.55. The van der Waals surface area contributed by atoms with Crippen molar-refractivity contribution in [3.8, 4) is 6.07 Å². The van der Waals surface area contributed by atoms with Crippen LogP contribution in [-0.2, 0) is 6.54 Å². The number of rotatable bonds is 4. The van der Waals surface area contributed by atoms with Crippen LogP contribution in [0, 0.1) is 11.3 Å². The molecule has 76 valence electrons. The lowest BCUT2D eigenvalue weighted by atomic mass is 10.2. The summed E-state index contributed by atoms with van der Waals surface area (Å²) in [5.41, 5.74) is 0. The van der Waals surface area contributed by atoms with E-state index in [0.29, 0.717) is 6.42 Å². The van der Waals surface area contributed by atoms with Gasteiger partial charge in [0.05, 0.1) is 19.0 Å². The Morgan fingerprint density at radius 2 is 2.36 bits per heavy atom. The Balaban J connectivity index is 2.49. The molecule has 0 aromatic carbocycles. The van der Waals surface area contributed by atoms with Crippen molar-refractivity contribution < 1.29 is 4.42 Å². The van der Waals surface area contributed by atoms with Gasteiger partial charge in [-0.1, -0.05) is 0 Å². The molecule has 4 heteroatoms. The lowest BCUT2D eigenvalue weighted by Gasteiger charge is -2.20. The SMILES string of the molecule is CC(CC#N)N(C)Cc1ccc(Br)o1. The first kappa shape index (κ1) is 11.3. The average molecular weight is 257 g/mol. The van der Waals surface area contributed by atoms with Crippen molar-refractivity contribution in [1.82, 2.24) is 4.90 Å². The summed E-state index contributed by atoms with van der Waals surface area (Å²) in [4.78, 5) is 2.09. The molecule has 3 nitrogen and oxygen atoms in total. The monoisotopic (exact) mass is 256 g/mol. The van der Waals surface area contributed by atoms with E-state index in [1.807, 2.05) is 26.1 Å². The summed E-state index contributed by atoms with van der Waals surface area (Å²) in [6.07, 6.45) is 0.540. The highest BCUT2D eigenvalue weighted by Crippen LogP contribution is 2.16. The van der Waals surface area contributed by atoms with Gasteiger partial charge < -0.3 is 4.42 Å². The van der Waals surface area contributed by atoms with Gasteiger partial charge in [0, 0.05) is 6.04 Å². The topological polar surface area (TPSA) is 40.2 Å². The third-order valence-corrected chi connectivity index (χ3v) is 2.60. The van der Waals surface area contributed by atoms with Crippen molar-refractivity contribution in [3.05, 3.63) is 22.6 Å². The van der Waals surface area contributed by atoms with Crippen LogP contribution in [0.5, 0.6) is 0 Å². The van der Waals surface area contributed by atoms with Gasteiger partial charge in [-0.15, -0.1) is 0 Å². The van der Waals surface area contributed by atoms with Gasteiger partial charge >= 0.3 is 0 Å². The Labute approximate surface area is 92.4 Å². The minimum atomic E-state index is 0.254. The molecule has 0 aliphatic heterocycles. The molecule has 1 atom stereocenters. The summed E-state index contributed by atoms with van der Waals surface area (Å²) in [5.74, 6) is 0.907. The van der Waals surface area contributed by atoms with E-state index < -0.39 is 0 Å². The Morgan fingerprint density at radius 1 is 1.64 bits per heavy atom. The molecule has 0 N–H and O–H groups in total. The highest BCUT2D eigenvalue weighted by Gasteiger charge is 2.10. The number of halogens is 1. The van der Waals surface area contributed by atoms with Crippen LogP contribution >= 0.6 is 15.9 Å². The van der Waals surface area contributed by atoms with E-state index in [1.165, 1.54) is 0 Å². The highest BCUT2D eigenvalue weighted by atomic mass is 79.9. The van der Waals surface area contributed by atoms with Crippen molar-refractivity contribution in [3.63, 3.8) is 0 Å². The van der Waals surface area contributed by atoms with Gasteiger partial charge in [-0.05, 0) is 42.0 Å². The lowest BCUT2D eigenvalue weighted by molar-refractivity contribution is 0.231. The third kappa shape index (κ3) is 3.17. The molecule has 0 radical (unpaired) electrons. The van der Waals surface area contributed by atoms with Crippen LogP contribution in [0.15, 0.2) is 21.2 Å². The summed E-state index contributed by atoms with van der Waals surface area (Å²) < 4.78 is 6.12. The van der Waals surface area contributed by atoms with Crippen molar-refractivity contribution in [2.45, 2.75) is 25.9 Å². The second-order valence-corrected chi connectivity index (χ2v) is 4.11. The molecule has 0 fully saturated rings. The normalized spacial score (nSPS) is 12.8. The molecule has 0 aliphatic rings. The van der Waals surface area contributed by atoms with Gasteiger partial charge in [0.2, 0.25) is 0 Å². The van der Waals surface area contributed by atoms with Crippen molar-refractivity contribution >= 4 is 15.9 Å². The standard InChI is InChI=1S/C10H13BrN2O/c1-8(5-6-12)13(2)7-9-3-4-10(11)14-9/h3-4,8H,5,7H2,1-2H3. The smallest absolute Gasteiger partial charge is 0.169 e. The molecular weight excluding hydrogens is 244 g/mol. The first-order valence-electron chi connectivity index (χ1n) is 4.45. The second kappa shape index (κ2) is 5.18. The summed E-state index contributed by atoms with van der Waals surface area (Å²) >= 11 is 3.25. The molecule has 0 aliphatic carbocycles. The molecule has 14 heavy (non-hydrogen) atoms. The molecule has 0 saturated carbocycles. The molecule has 1 aromatic rings. The van der Waals surface area contributed by atoms with Gasteiger partial charge in [0.25, 0.3) is 0 Å². The Kier molecular flexibility index (Phi) is 4.18. The molecule has 0 spiro atoms. The number of furan rings is 1. The molecule has 1 aromatic heterocycles. The maximum atomic E-state index is 8.55. The lowest BCUT2D eigenvalue weighted by Crippen LogP contribution is -2.27. The number of hydrogen-bond donors (Lipinski definition) is 0. The fourth-order valence-electron chi connectivity index (χ4n) is 1.13. The summed E-state index contributed by atoms with van der Waals surface area (Å²) in [6, 6.07) is 6.21. The molecular formula is C10H13BrN2O. The van der Waals surface area contributed by atoms with Gasteiger partial charge in [-0.25, -0.2) is 0 Å². The molecule has 0 bridgehead atoms. The first-order chi connectivity index (χ1) is 6.63. The highest BCUT2D eigenvalue weighted by molar-refractivity contribution is 9.10. The first-order valence-corrected chi connectivity index (χ1v) is 5.24. The predicted molar refractivity (Wildman–Crippen MR) is 57.6 cm³/mol. The molecule has 1 rings (SSSR count). The van der Waals surface area contributed by atoms with E-state index >= 15 is 0 Å². The van der Waals surface area contributed by atoms with Gasteiger partial charge in [-0.2, -0.15) is 5.26 Å². The third-order valence-electron chi connectivity index (χ3n) is 2.17. The van der Waals surface area contributed by atoms with E-state index in [2.05, 4.69) is 26.9 Å². The van der Waals surface area contributed by atoms with Crippen molar-refractivity contribution in [1.29, 1.82) is 5.26 Å². The molecule has 1 heterocycles. The van der Waals surface area contributed by atoms with Crippen LogP contribution < -0.4 is 0 Å². The van der Waals surface area contributed by atoms with Crippen molar-refractivity contribution in [2.75, 3.05) is 7.05 Å². The molecule has 0 saturated heterocycles. The maximum Gasteiger partial charge on any atom is 0.169 e. The van der Waals surface area contributed by atoms with E-state index in [9.17, 15) is 0 Å². The second-order valence-electron chi connectivity index (χ2n) is 3.33. The van der Waals surface area contributed by atoms with Crippen LogP contribution in [0.4, 0.5) is 0 Å². The average Bonchev–Trinajstić information content (AvgIpc) is 2.51. The minimum Gasteiger partial charge on any atom is -0.453 e. The van der Waals surface area contributed by atoms with Crippen LogP contribution in [0.3, 0.4) is 0 Å². The maximum absolute atomic E-state index is 8.55. The Morgan fingerprint density at radius 3 is 2.86 bits per heavy atom.